The molecule has 0 bridgehead atoms. The van der Waals surface area contributed by atoms with Gasteiger partial charge in [-0.05, 0) is 71.1 Å². The first-order chi connectivity index (χ1) is 22.6. The molecule has 5 aromatic carbocycles. The van der Waals surface area contributed by atoms with Gasteiger partial charge in [0.2, 0.25) is 0 Å². The summed E-state index contributed by atoms with van der Waals surface area (Å²) >= 11 is 0. The van der Waals surface area contributed by atoms with Crippen molar-refractivity contribution in [2.45, 2.75) is 20.3 Å². The van der Waals surface area contributed by atoms with Crippen LogP contribution in [0.2, 0.25) is 0 Å². The van der Waals surface area contributed by atoms with E-state index in [0.29, 0.717) is 0 Å². The molecule has 4 heteroatoms. The Hall–Kier alpha value is -5.15. The number of para-hydroxylation sites is 1. The van der Waals surface area contributed by atoms with Gasteiger partial charge in [0.25, 0.3) is 0 Å². The molecule has 0 amide bonds. The van der Waals surface area contributed by atoms with Crippen LogP contribution in [-0.2, 0) is 26.5 Å². The fourth-order valence-electron chi connectivity index (χ4n) is 5.69. The summed E-state index contributed by atoms with van der Waals surface area (Å²) in [5, 5.41) is 2.23. The molecule has 0 fully saturated rings. The molecule has 0 N–H and O–H groups in total. The van der Waals surface area contributed by atoms with Gasteiger partial charge in [-0.3, -0.25) is 0 Å². The van der Waals surface area contributed by atoms with Crippen LogP contribution in [0.5, 0.6) is 0 Å². The van der Waals surface area contributed by atoms with Gasteiger partial charge in [-0.1, -0.05) is 96.4 Å². The smallest absolute Gasteiger partial charge is 0.120 e. The molecule has 0 saturated heterocycles. The number of fused-ring (bicyclic) bond motifs is 3. The number of hydrogen-bond donors (Lipinski definition) is 0. The van der Waals surface area contributed by atoms with E-state index in [-0.39, 0.29) is 20.1 Å². The Morgan fingerprint density at radius 1 is 0.596 bits per heavy atom. The first-order valence-corrected chi connectivity index (χ1v) is 15.4. The molecule has 231 valence electrons. The van der Waals surface area contributed by atoms with Crippen LogP contribution < -0.4 is 0 Å². The first kappa shape index (κ1) is 31.8. The zero-order chi connectivity index (χ0) is 31.3. The second-order valence-corrected chi connectivity index (χ2v) is 11.4. The zero-order valence-electron chi connectivity index (χ0n) is 26.2. The summed E-state index contributed by atoms with van der Waals surface area (Å²) in [4.78, 5) is 9.16. The molecule has 0 unspecified atom stereocenters. The van der Waals surface area contributed by atoms with Crippen LogP contribution in [0.3, 0.4) is 0 Å². The third-order valence-electron chi connectivity index (χ3n) is 8.21. The van der Waals surface area contributed by atoms with Crippen LogP contribution in [0.1, 0.15) is 22.3 Å². The minimum Gasteiger partial charge on any atom is -0.500 e. The first-order valence-electron chi connectivity index (χ1n) is 15.4. The van der Waals surface area contributed by atoms with Gasteiger partial charge in [-0.15, -0.1) is 59.7 Å². The maximum absolute atomic E-state index is 5.91. The average molecular weight is 785 g/mol. The summed E-state index contributed by atoms with van der Waals surface area (Å²) in [6.45, 7) is 4.21. The maximum Gasteiger partial charge on any atom is 0.120 e. The third kappa shape index (κ3) is 7.15. The number of rotatable bonds is 5. The largest absolute Gasteiger partial charge is 0.500 e. The van der Waals surface area contributed by atoms with Crippen molar-refractivity contribution in [3.63, 3.8) is 0 Å². The average Bonchev–Trinajstić information content (AvgIpc) is 3.49. The molecule has 0 aliphatic rings. The Bertz CT molecular complexity index is 2240. The maximum atomic E-state index is 5.91. The Labute approximate surface area is 289 Å². The topological polar surface area (TPSA) is 38.9 Å². The van der Waals surface area contributed by atoms with E-state index in [9.17, 15) is 0 Å². The molecular formula is C43H32IrN2O-2. The van der Waals surface area contributed by atoms with E-state index >= 15 is 0 Å². The van der Waals surface area contributed by atoms with Gasteiger partial charge in [0, 0.05) is 37.9 Å². The number of nitrogens with zero attached hydrogens (tertiary/aromatic N) is 2. The molecule has 47 heavy (non-hydrogen) atoms. The van der Waals surface area contributed by atoms with Gasteiger partial charge >= 0.3 is 0 Å². The fraction of sp³-hybridized carbons (Fsp3) is 0.0698. The standard InChI is InChI=1S/C25H18NO.C18H14N.Ir/c1-17-16-26-23(15-20(17)13-18-7-3-2-4-8-18)19-11-12-25-22(14-19)21-9-5-6-10-24(21)27-25;1-14-13-19-18(16-10-6-3-7-11-16)12-17(14)15-8-4-2-5-9-15;/h2-10,12,14-16H,13H2,1H3;2-10,12-13H,1H3;/q2*-1;. The van der Waals surface area contributed by atoms with Crippen molar-refractivity contribution in [2.75, 3.05) is 0 Å². The number of aryl methyl sites for hydroxylation is 2. The molecule has 1 radical (unpaired) electrons. The van der Waals surface area contributed by atoms with E-state index in [0.717, 1.165) is 50.9 Å². The summed E-state index contributed by atoms with van der Waals surface area (Å²) in [5.74, 6) is 0. The van der Waals surface area contributed by atoms with Crippen molar-refractivity contribution < 1.29 is 24.5 Å². The van der Waals surface area contributed by atoms with Crippen molar-refractivity contribution in [3.8, 4) is 33.6 Å². The van der Waals surface area contributed by atoms with E-state index in [1.165, 1.54) is 33.4 Å². The number of furan rings is 1. The summed E-state index contributed by atoms with van der Waals surface area (Å²) in [5.41, 5.74) is 13.1. The van der Waals surface area contributed by atoms with Gasteiger partial charge in [-0.25, -0.2) is 0 Å². The molecular weight excluding hydrogens is 753 g/mol. The Morgan fingerprint density at radius 3 is 2.04 bits per heavy atom. The fourth-order valence-corrected chi connectivity index (χ4v) is 5.69. The van der Waals surface area contributed by atoms with Crippen molar-refractivity contribution >= 4 is 21.9 Å². The summed E-state index contributed by atoms with van der Waals surface area (Å²) in [6.07, 6.45) is 4.79. The van der Waals surface area contributed by atoms with E-state index in [4.69, 9.17) is 4.42 Å². The molecule has 8 rings (SSSR count). The van der Waals surface area contributed by atoms with E-state index in [1.54, 1.807) is 0 Å². The molecule has 0 saturated carbocycles. The van der Waals surface area contributed by atoms with Crippen LogP contribution in [0.15, 0.2) is 150 Å². The summed E-state index contributed by atoms with van der Waals surface area (Å²) in [6, 6.07) is 51.9. The van der Waals surface area contributed by atoms with Gasteiger partial charge in [-0.2, -0.15) is 0 Å². The normalized spacial score (nSPS) is 10.7. The van der Waals surface area contributed by atoms with Crippen molar-refractivity contribution in [1.29, 1.82) is 0 Å². The Morgan fingerprint density at radius 2 is 1.28 bits per heavy atom. The SMILES string of the molecule is Cc1cnc(-c2[c-]cc3oc4ccccc4c3c2)cc1Cc1ccccc1.Cc1cnc(-c2[c-]cccc2)cc1-c1ccccc1.[Ir]. The van der Waals surface area contributed by atoms with E-state index < -0.39 is 0 Å². The second-order valence-electron chi connectivity index (χ2n) is 11.4. The van der Waals surface area contributed by atoms with Crippen LogP contribution in [0.4, 0.5) is 0 Å². The van der Waals surface area contributed by atoms with Crippen molar-refractivity contribution in [3.05, 3.63) is 180 Å². The monoisotopic (exact) mass is 785 g/mol. The second kappa shape index (κ2) is 14.5. The Balaban J connectivity index is 0.000000171. The molecule has 0 aliphatic carbocycles. The van der Waals surface area contributed by atoms with Crippen molar-refractivity contribution in [1.82, 2.24) is 9.97 Å². The van der Waals surface area contributed by atoms with Crippen LogP contribution in [0, 0.1) is 26.0 Å². The van der Waals surface area contributed by atoms with Crippen LogP contribution >= 0.6 is 0 Å². The van der Waals surface area contributed by atoms with E-state index in [1.807, 2.05) is 73.1 Å². The summed E-state index contributed by atoms with van der Waals surface area (Å²) < 4.78 is 5.91. The Kier molecular flexibility index (Phi) is 9.83. The van der Waals surface area contributed by atoms with E-state index in [2.05, 4.69) is 109 Å². The predicted molar refractivity (Wildman–Crippen MR) is 188 cm³/mol. The predicted octanol–water partition coefficient (Wildman–Crippen LogP) is 10.9. The third-order valence-corrected chi connectivity index (χ3v) is 8.21. The van der Waals surface area contributed by atoms with Gasteiger partial charge in [0.05, 0.1) is 5.58 Å². The number of hydrogen-bond acceptors (Lipinski definition) is 3. The molecule has 0 aliphatic heterocycles. The van der Waals surface area contributed by atoms with Gasteiger partial charge < -0.3 is 14.4 Å². The quantitative estimate of drug-likeness (QED) is 0.163. The summed E-state index contributed by atoms with van der Waals surface area (Å²) in [7, 11) is 0. The van der Waals surface area contributed by atoms with Crippen LogP contribution in [-0.4, -0.2) is 9.97 Å². The molecule has 3 nitrogen and oxygen atoms in total. The minimum atomic E-state index is 0. The molecule has 0 spiro atoms. The molecule has 8 aromatic rings. The van der Waals surface area contributed by atoms with Gasteiger partial charge in [0.1, 0.15) is 5.58 Å². The van der Waals surface area contributed by atoms with Crippen molar-refractivity contribution in [2.24, 2.45) is 0 Å². The van der Waals surface area contributed by atoms with Crippen LogP contribution in [0.25, 0.3) is 55.6 Å². The zero-order valence-corrected chi connectivity index (χ0v) is 28.6. The molecule has 3 aromatic heterocycles. The molecule has 0 atom stereocenters. The number of benzene rings is 5. The number of pyridine rings is 2. The minimum absolute atomic E-state index is 0. The van der Waals surface area contributed by atoms with Gasteiger partial charge in [0.15, 0.2) is 0 Å². The number of aromatic nitrogens is 2. The molecule has 3 heterocycles.